The summed E-state index contributed by atoms with van der Waals surface area (Å²) in [5.74, 6) is -0.335. The van der Waals surface area contributed by atoms with Crippen LogP contribution in [0.1, 0.15) is 40.2 Å². The van der Waals surface area contributed by atoms with Gasteiger partial charge in [-0.2, -0.15) is 0 Å². The summed E-state index contributed by atoms with van der Waals surface area (Å²) in [5.41, 5.74) is 0.761. The maximum absolute atomic E-state index is 11.4. The lowest BCUT2D eigenvalue weighted by molar-refractivity contribution is -0.154. The Bertz CT molecular complexity index is 477. The summed E-state index contributed by atoms with van der Waals surface area (Å²) in [6.07, 6.45) is -0.663. The SMILES string of the molecule is CC(=O)OC(C)(C)c1ccc(NC(=O)OC(C)C)cc1. The first-order valence-electron chi connectivity index (χ1n) is 6.48. The number of amides is 1. The van der Waals surface area contributed by atoms with Crippen molar-refractivity contribution in [2.24, 2.45) is 0 Å². The molecule has 20 heavy (non-hydrogen) atoms. The Morgan fingerprint density at radius 3 is 2.15 bits per heavy atom. The maximum Gasteiger partial charge on any atom is 0.411 e. The van der Waals surface area contributed by atoms with E-state index < -0.39 is 11.7 Å². The van der Waals surface area contributed by atoms with Crippen molar-refractivity contribution in [3.63, 3.8) is 0 Å². The van der Waals surface area contributed by atoms with Crippen LogP contribution in [0.25, 0.3) is 0 Å². The Morgan fingerprint density at radius 2 is 1.70 bits per heavy atom. The van der Waals surface area contributed by atoms with Gasteiger partial charge in [-0.25, -0.2) is 4.79 Å². The maximum atomic E-state index is 11.4. The Balaban J connectivity index is 2.73. The second-order valence-corrected chi connectivity index (χ2v) is 5.26. The first-order valence-corrected chi connectivity index (χ1v) is 6.48. The summed E-state index contributed by atoms with van der Waals surface area (Å²) in [4.78, 5) is 22.5. The van der Waals surface area contributed by atoms with Crippen LogP contribution in [-0.2, 0) is 19.9 Å². The van der Waals surface area contributed by atoms with E-state index >= 15 is 0 Å². The van der Waals surface area contributed by atoms with Gasteiger partial charge < -0.3 is 9.47 Å². The zero-order chi connectivity index (χ0) is 15.3. The predicted molar refractivity (Wildman–Crippen MR) is 76.5 cm³/mol. The largest absolute Gasteiger partial charge is 0.455 e. The number of ether oxygens (including phenoxy) is 2. The van der Waals surface area contributed by atoms with Gasteiger partial charge in [0.2, 0.25) is 0 Å². The van der Waals surface area contributed by atoms with Gasteiger partial charge in [-0.15, -0.1) is 0 Å². The Kier molecular flexibility index (Phi) is 5.13. The minimum atomic E-state index is -0.706. The quantitative estimate of drug-likeness (QED) is 0.857. The number of esters is 1. The number of benzene rings is 1. The third-order valence-electron chi connectivity index (χ3n) is 2.57. The summed E-state index contributed by atoms with van der Waals surface area (Å²) in [5, 5.41) is 2.62. The molecule has 0 radical (unpaired) electrons. The highest BCUT2D eigenvalue weighted by Crippen LogP contribution is 2.26. The van der Waals surface area contributed by atoms with Crippen LogP contribution in [0.15, 0.2) is 24.3 Å². The number of carbonyl (C=O) groups excluding carboxylic acids is 2. The van der Waals surface area contributed by atoms with Gasteiger partial charge in [-0.3, -0.25) is 10.1 Å². The van der Waals surface area contributed by atoms with E-state index in [0.717, 1.165) is 5.56 Å². The lowest BCUT2D eigenvalue weighted by atomic mass is 9.98. The van der Waals surface area contributed by atoms with Gasteiger partial charge in [-0.1, -0.05) is 12.1 Å². The average Bonchev–Trinajstić information content (AvgIpc) is 2.26. The van der Waals surface area contributed by atoms with Crippen molar-refractivity contribution < 1.29 is 19.1 Å². The number of hydrogen-bond donors (Lipinski definition) is 1. The van der Waals surface area contributed by atoms with Crippen molar-refractivity contribution >= 4 is 17.7 Å². The fourth-order valence-electron chi connectivity index (χ4n) is 1.73. The Morgan fingerprint density at radius 1 is 1.15 bits per heavy atom. The average molecular weight is 279 g/mol. The van der Waals surface area contributed by atoms with Crippen molar-refractivity contribution in [1.82, 2.24) is 0 Å². The predicted octanol–water partition coefficient (Wildman–Crippen LogP) is 3.44. The van der Waals surface area contributed by atoms with E-state index in [1.54, 1.807) is 38.1 Å². The van der Waals surface area contributed by atoms with Gasteiger partial charge in [0.25, 0.3) is 0 Å². The molecule has 1 aromatic carbocycles. The fraction of sp³-hybridized carbons (Fsp3) is 0.467. The van der Waals surface area contributed by atoms with Crippen LogP contribution in [-0.4, -0.2) is 18.2 Å². The van der Waals surface area contributed by atoms with Crippen molar-refractivity contribution in [2.45, 2.75) is 46.3 Å². The zero-order valence-electron chi connectivity index (χ0n) is 12.5. The number of hydrogen-bond acceptors (Lipinski definition) is 4. The number of rotatable bonds is 4. The standard InChI is InChI=1S/C15H21NO4/c1-10(2)19-14(18)16-13-8-6-12(7-9-13)15(4,5)20-11(3)17/h6-10H,1-5H3,(H,16,18). The molecule has 0 fully saturated rings. The summed E-state index contributed by atoms with van der Waals surface area (Å²) < 4.78 is 10.2. The molecular weight excluding hydrogens is 258 g/mol. The Hall–Kier alpha value is -2.04. The molecule has 0 aliphatic rings. The summed E-state index contributed by atoms with van der Waals surface area (Å²) >= 11 is 0. The van der Waals surface area contributed by atoms with Crippen molar-refractivity contribution in [3.8, 4) is 0 Å². The van der Waals surface area contributed by atoms with Gasteiger partial charge in [0.05, 0.1) is 6.10 Å². The topological polar surface area (TPSA) is 64.6 Å². The highest BCUT2D eigenvalue weighted by molar-refractivity contribution is 5.84. The fourth-order valence-corrected chi connectivity index (χ4v) is 1.73. The normalized spacial score (nSPS) is 11.1. The van der Waals surface area contributed by atoms with Crippen LogP contribution < -0.4 is 5.32 Å². The molecule has 0 atom stereocenters. The molecular formula is C15H21NO4. The zero-order valence-corrected chi connectivity index (χ0v) is 12.5. The molecule has 1 rings (SSSR count). The van der Waals surface area contributed by atoms with Gasteiger partial charge in [-0.05, 0) is 45.4 Å². The second-order valence-electron chi connectivity index (χ2n) is 5.26. The molecule has 5 nitrogen and oxygen atoms in total. The van der Waals surface area contributed by atoms with E-state index in [4.69, 9.17) is 9.47 Å². The molecule has 0 aromatic heterocycles. The van der Waals surface area contributed by atoms with E-state index in [0.29, 0.717) is 5.69 Å². The minimum Gasteiger partial charge on any atom is -0.455 e. The molecule has 0 spiro atoms. The number of nitrogens with one attached hydrogen (secondary N) is 1. The lowest BCUT2D eigenvalue weighted by Crippen LogP contribution is -2.24. The molecule has 0 aliphatic heterocycles. The smallest absolute Gasteiger partial charge is 0.411 e. The third-order valence-corrected chi connectivity index (χ3v) is 2.57. The molecule has 0 saturated carbocycles. The molecule has 1 amide bonds. The summed E-state index contributed by atoms with van der Waals surface area (Å²) in [6, 6.07) is 7.08. The van der Waals surface area contributed by atoms with E-state index in [1.165, 1.54) is 6.92 Å². The van der Waals surface area contributed by atoms with Crippen molar-refractivity contribution in [1.29, 1.82) is 0 Å². The minimum absolute atomic E-state index is 0.169. The van der Waals surface area contributed by atoms with E-state index in [9.17, 15) is 9.59 Å². The highest BCUT2D eigenvalue weighted by Gasteiger charge is 2.23. The van der Waals surface area contributed by atoms with Crippen LogP contribution >= 0.6 is 0 Å². The third kappa shape index (κ3) is 4.91. The summed E-state index contributed by atoms with van der Waals surface area (Å²) in [6.45, 7) is 8.56. The first-order chi connectivity index (χ1) is 9.20. The molecule has 5 heteroatoms. The first kappa shape index (κ1) is 16.0. The van der Waals surface area contributed by atoms with Gasteiger partial charge in [0.1, 0.15) is 5.60 Å². The summed E-state index contributed by atoms with van der Waals surface area (Å²) in [7, 11) is 0. The van der Waals surface area contributed by atoms with Gasteiger partial charge >= 0.3 is 12.1 Å². The molecule has 1 N–H and O–H groups in total. The molecule has 0 heterocycles. The van der Waals surface area contributed by atoms with E-state index in [1.807, 2.05) is 13.8 Å². The molecule has 0 bridgehead atoms. The van der Waals surface area contributed by atoms with Crippen molar-refractivity contribution in [2.75, 3.05) is 5.32 Å². The van der Waals surface area contributed by atoms with Crippen LogP contribution in [0.5, 0.6) is 0 Å². The Labute approximate surface area is 119 Å². The molecule has 0 saturated heterocycles. The van der Waals surface area contributed by atoms with Crippen LogP contribution in [0.3, 0.4) is 0 Å². The van der Waals surface area contributed by atoms with Gasteiger partial charge in [0.15, 0.2) is 0 Å². The number of carbonyl (C=O) groups is 2. The van der Waals surface area contributed by atoms with Gasteiger partial charge in [0, 0.05) is 12.6 Å². The molecule has 1 aromatic rings. The monoisotopic (exact) mass is 279 g/mol. The van der Waals surface area contributed by atoms with Crippen LogP contribution in [0.2, 0.25) is 0 Å². The van der Waals surface area contributed by atoms with Crippen molar-refractivity contribution in [3.05, 3.63) is 29.8 Å². The van der Waals surface area contributed by atoms with E-state index in [-0.39, 0.29) is 12.1 Å². The van der Waals surface area contributed by atoms with Crippen LogP contribution in [0, 0.1) is 0 Å². The lowest BCUT2D eigenvalue weighted by Gasteiger charge is -2.25. The van der Waals surface area contributed by atoms with Crippen LogP contribution in [0.4, 0.5) is 10.5 Å². The number of anilines is 1. The molecule has 0 aliphatic carbocycles. The van der Waals surface area contributed by atoms with E-state index in [2.05, 4.69) is 5.32 Å². The molecule has 0 unspecified atom stereocenters. The second kappa shape index (κ2) is 6.41. The molecule has 110 valence electrons. The highest BCUT2D eigenvalue weighted by atomic mass is 16.6.